The van der Waals surface area contributed by atoms with E-state index in [4.69, 9.17) is 9.84 Å². The minimum atomic E-state index is -0.993. The molecule has 4 aromatic rings. The zero-order valence-corrected chi connectivity index (χ0v) is 24.6. The quantitative estimate of drug-likeness (QED) is 0.280. The van der Waals surface area contributed by atoms with Crippen molar-refractivity contribution in [2.75, 3.05) is 34.9 Å². The molecule has 10 heteroatoms. The molecule has 43 heavy (non-hydrogen) atoms. The monoisotopic (exact) mass is 579 g/mol. The molecule has 2 aromatic carbocycles. The maximum Gasteiger partial charge on any atom is 0.335 e. The van der Waals surface area contributed by atoms with E-state index in [1.165, 1.54) is 19.1 Å². The van der Waals surface area contributed by atoms with Crippen LogP contribution in [0.15, 0.2) is 73.1 Å². The number of aryl methyl sites for hydroxylation is 1. The predicted octanol–water partition coefficient (Wildman–Crippen LogP) is 5.41. The van der Waals surface area contributed by atoms with Crippen LogP contribution in [-0.4, -0.2) is 53.1 Å². The third-order valence-corrected chi connectivity index (χ3v) is 7.45. The number of hydrogen-bond acceptors (Lipinski definition) is 7. The number of nitrogens with zero attached hydrogens (tertiary/aromatic N) is 5. The SMILES string of the molecule is CCN1c2ncc(CCOc3ccc(N(Cc4ccc(C(=O)O)cc4)C(C)=O)cc3C)cc2C(=O)N(C)c2cccnc21. The van der Waals surface area contributed by atoms with Gasteiger partial charge in [0.1, 0.15) is 11.6 Å². The van der Waals surface area contributed by atoms with E-state index in [1.54, 1.807) is 41.4 Å². The van der Waals surface area contributed by atoms with E-state index >= 15 is 0 Å². The molecule has 0 bridgehead atoms. The smallest absolute Gasteiger partial charge is 0.335 e. The summed E-state index contributed by atoms with van der Waals surface area (Å²) < 4.78 is 6.10. The van der Waals surface area contributed by atoms with Crippen LogP contribution < -0.4 is 19.4 Å². The van der Waals surface area contributed by atoms with Gasteiger partial charge in [0.15, 0.2) is 5.82 Å². The second kappa shape index (κ2) is 12.3. The van der Waals surface area contributed by atoms with Crippen LogP contribution >= 0.6 is 0 Å². The van der Waals surface area contributed by atoms with E-state index in [0.717, 1.165) is 22.4 Å². The number of ether oxygens (including phenoxy) is 1. The molecule has 1 N–H and O–H groups in total. The summed E-state index contributed by atoms with van der Waals surface area (Å²) in [7, 11) is 1.75. The van der Waals surface area contributed by atoms with Gasteiger partial charge < -0.3 is 24.5 Å². The minimum Gasteiger partial charge on any atom is -0.493 e. The standard InChI is InChI=1S/C33H33N5O5/c1-5-37-30-27(32(40)36(4)28-7-6-15-34-31(28)37)18-24(19-35-30)14-16-43-29-13-12-26(17-21(29)2)38(22(3)39)20-23-8-10-25(11-9-23)33(41)42/h6-13,15,17-19H,5,14,16,20H2,1-4H3,(H,41,42). The Balaban J connectivity index is 1.27. The van der Waals surface area contributed by atoms with Crippen LogP contribution in [-0.2, 0) is 17.8 Å². The first kappa shape index (κ1) is 29.2. The molecule has 0 saturated carbocycles. The van der Waals surface area contributed by atoms with Crippen molar-refractivity contribution in [1.82, 2.24) is 9.97 Å². The predicted molar refractivity (Wildman–Crippen MR) is 165 cm³/mol. The third kappa shape index (κ3) is 6.04. The summed E-state index contributed by atoms with van der Waals surface area (Å²) in [6, 6.07) is 17.6. The minimum absolute atomic E-state index is 0.133. The number of fused-ring (bicyclic) bond motifs is 2. The van der Waals surface area contributed by atoms with Gasteiger partial charge in [-0.3, -0.25) is 9.59 Å². The molecule has 3 heterocycles. The van der Waals surface area contributed by atoms with Gasteiger partial charge in [0.2, 0.25) is 5.91 Å². The van der Waals surface area contributed by atoms with E-state index in [1.807, 2.05) is 55.1 Å². The lowest BCUT2D eigenvalue weighted by Gasteiger charge is -2.23. The number of aromatic carboxylic acids is 1. The molecule has 1 aliphatic rings. The van der Waals surface area contributed by atoms with Crippen LogP contribution in [0.1, 0.15) is 51.3 Å². The van der Waals surface area contributed by atoms with Gasteiger partial charge in [0.05, 0.1) is 30.0 Å². The summed E-state index contributed by atoms with van der Waals surface area (Å²) in [6.45, 7) is 6.71. The largest absolute Gasteiger partial charge is 0.493 e. The Hall–Kier alpha value is -5.25. The fraction of sp³-hybridized carbons (Fsp3) is 0.242. The molecule has 1 aliphatic heterocycles. The Morgan fingerprint density at radius 3 is 2.44 bits per heavy atom. The number of carbonyl (C=O) groups is 3. The highest BCUT2D eigenvalue weighted by molar-refractivity contribution is 6.12. The van der Waals surface area contributed by atoms with Crippen LogP contribution in [0.25, 0.3) is 0 Å². The summed E-state index contributed by atoms with van der Waals surface area (Å²) in [5.74, 6) is 0.700. The van der Waals surface area contributed by atoms with E-state index in [0.29, 0.717) is 54.8 Å². The van der Waals surface area contributed by atoms with Gasteiger partial charge in [-0.2, -0.15) is 0 Å². The van der Waals surface area contributed by atoms with Crippen LogP contribution in [0.3, 0.4) is 0 Å². The highest BCUT2D eigenvalue weighted by atomic mass is 16.5. The molecule has 5 rings (SSSR count). The summed E-state index contributed by atoms with van der Waals surface area (Å²) in [5, 5.41) is 9.14. The number of rotatable bonds is 9. The van der Waals surface area contributed by atoms with Crippen molar-refractivity contribution < 1.29 is 24.2 Å². The molecule has 2 amide bonds. The molecule has 0 radical (unpaired) electrons. The molecule has 0 unspecified atom stereocenters. The Labute approximate surface area is 250 Å². The first-order valence-corrected chi connectivity index (χ1v) is 14.0. The highest BCUT2D eigenvalue weighted by Gasteiger charge is 2.30. The van der Waals surface area contributed by atoms with Gasteiger partial charge in [-0.05, 0) is 79.1 Å². The first-order valence-electron chi connectivity index (χ1n) is 14.0. The Bertz CT molecular complexity index is 1690. The molecular formula is C33H33N5O5. The summed E-state index contributed by atoms with van der Waals surface area (Å²) in [5.41, 5.74) is 4.72. The first-order chi connectivity index (χ1) is 20.7. The number of carboxylic acid groups (broad SMARTS) is 1. The fourth-order valence-electron chi connectivity index (χ4n) is 5.12. The number of carboxylic acids is 1. The van der Waals surface area contributed by atoms with Crippen molar-refractivity contribution in [2.45, 2.75) is 33.7 Å². The van der Waals surface area contributed by atoms with E-state index in [-0.39, 0.29) is 17.4 Å². The summed E-state index contributed by atoms with van der Waals surface area (Å²) >= 11 is 0. The fourth-order valence-corrected chi connectivity index (χ4v) is 5.12. The number of pyridine rings is 2. The second-order valence-electron chi connectivity index (χ2n) is 10.3. The van der Waals surface area contributed by atoms with Crippen LogP contribution in [0.4, 0.5) is 23.0 Å². The Morgan fingerprint density at radius 2 is 1.77 bits per heavy atom. The number of benzene rings is 2. The molecule has 0 spiro atoms. The lowest BCUT2D eigenvalue weighted by atomic mass is 10.1. The van der Waals surface area contributed by atoms with Gasteiger partial charge in [-0.25, -0.2) is 14.8 Å². The molecule has 0 aliphatic carbocycles. The highest BCUT2D eigenvalue weighted by Crippen LogP contribution is 2.37. The van der Waals surface area contributed by atoms with Crippen molar-refractivity contribution in [3.8, 4) is 5.75 Å². The molecule has 0 saturated heterocycles. The number of carbonyl (C=O) groups excluding carboxylic acids is 2. The van der Waals surface area contributed by atoms with E-state index < -0.39 is 5.97 Å². The number of aromatic nitrogens is 2. The number of anilines is 4. The van der Waals surface area contributed by atoms with Gasteiger partial charge >= 0.3 is 5.97 Å². The summed E-state index contributed by atoms with van der Waals surface area (Å²) in [4.78, 5) is 51.4. The number of amides is 2. The maximum atomic E-state index is 13.4. The molecule has 10 nitrogen and oxygen atoms in total. The average Bonchev–Trinajstić information content (AvgIpc) is 3.09. The van der Waals surface area contributed by atoms with Crippen LogP contribution in [0, 0.1) is 6.92 Å². The normalized spacial score (nSPS) is 12.3. The molecule has 2 aromatic heterocycles. The zero-order valence-electron chi connectivity index (χ0n) is 24.6. The Kier molecular flexibility index (Phi) is 8.38. The zero-order chi connectivity index (χ0) is 30.7. The van der Waals surface area contributed by atoms with Gasteiger partial charge in [-0.15, -0.1) is 0 Å². The van der Waals surface area contributed by atoms with Gasteiger partial charge in [0.25, 0.3) is 5.91 Å². The van der Waals surface area contributed by atoms with Crippen LogP contribution in [0.2, 0.25) is 0 Å². The van der Waals surface area contributed by atoms with Crippen molar-refractivity contribution in [1.29, 1.82) is 0 Å². The lowest BCUT2D eigenvalue weighted by molar-refractivity contribution is -0.116. The van der Waals surface area contributed by atoms with Crippen molar-refractivity contribution >= 4 is 40.8 Å². The number of hydrogen-bond donors (Lipinski definition) is 1. The van der Waals surface area contributed by atoms with E-state index in [2.05, 4.69) is 9.97 Å². The third-order valence-electron chi connectivity index (χ3n) is 7.45. The topological polar surface area (TPSA) is 116 Å². The van der Waals surface area contributed by atoms with Crippen molar-refractivity contribution in [3.63, 3.8) is 0 Å². The van der Waals surface area contributed by atoms with Gasteiger partial charge in [-0.1, -0.05) is 12.1 Å². The lowest BCUT2D eigenvalue weighted by Crippen LogP contribution is -2.27. The second-order valence-corrected chi connectivity index (χ2v) is 10.3. The Morgan fingerprint density at radius 1 is 1.00 bits per heavy atom. The van der Waals surface area contributed by atoms with E-state index in [9.17, 15) is 14.4 Å². The van der Waals surface area contributed by atoms with Crippen molar-refractivity contribution in [2.24, 2.45) is 0 Å². The van der Waals surface area contributed by atoms with Crippen molar-refractivity contribution in [3.05, 3.63) is 101 Å². The maximum absolute atomic E-state index is 13.4. The molecule has 0 atom stereocenters. The molecular weight excluding hydrogens is 546 g/mol. The average molecular weight is 580 g/mol. The van der Waals surface area contributed by atoms with Crippen LogP contribution in [0.5, 0.6) is 5.75 Å². The van der Waals surface area contributed by atoms with Gasteiger partial charge in [0, 0.05) is 45.0 Å². The summed E-state index contributed by atoms with van der Waals surface area (Å²) in [6.07, 6.45) is 4.03. The molecule has 0 fully saturated rings. The molecule has 220 valence electrons.